The number of carbonyl (C=O) groups is 1. The van der Waals surface area contributed by atoms with Gasteiger partial charge < -0.3 is 16.6 Å². The fourth-order valence-electron chi connectivity index (χ4n) is 3.32. The first-order valence-corrected chi connectivity index (χ1v) is 10.5. The third-order valence-corrected chi connectivity index (χ3v) is 4.80. The minimum atomic E-state index is -0.736. The van der Waals surface area contributed by atoms with Gasteiger partial charge in [-0.2, -0.15) is 0 Å². The molecule has 0 aliphatic rings. The van der Waals surface area contributed by atoms with Crippen LogP contribution in [0.5, 0.6) is 0 Å². The quantitative estimate of drug-likeness (QED) is 0.235. The van der Waals surface area contributed by atoms with E-state index in [1.165, 1.54) is 51.4 Å². The van der Waals surface area contributed by atoms with Crippen LogP contribution in [0.25, 0.3) is 0 Å². The van der Waals surface area contributed by atoms with E-state index < -0.39 is 18.2 Å². The lowest BCUT2D eigenvalue weighted by Gasteiger charge is -2.30. The second-order valence-electron chi connectivity index (χ2n) is 7.34. The summed E-state index contributed by atoms with van der Waals surface area (Å²) in [5.41, 5.74) is 11.5. The summed E-state index contributed by atoms with van der Waals surface area (Å²) in [5.74, 6) is -0.736. The Morgan fingerprint density at radius 3 is 1.77 bits per heavy atom. The van der Waals surface area contributed by atoms with Gasteiger partial charge in [0, 0.05) is 6.54 Å². The van der Waals surface area contributed by atoms with E-state index in [2.05, 4.69) is 13.8 Å². The van der Waals surface area contributed by atoms with Crippen molar-refractivity contribution in [1.29, 1.82) is 0 Å². The minimum Gasteiger partial charge on any atom is -0.480 e. The number of nitrogens with zero attached hydrogens (tertiary/aromatic N) is 1. The number of halogens is 1. The Balaban J connectivity index is 0. The molecule has 0 saturated heterocycles. The van der Waals surface area contributed by atoms with Crippen molar-refractivity contribution in [2.45, 2.75) is 110 Å². The normalized spacial score (nSPS) is 12.4. The molecule has 0 aromatic rings. The first-order valence-electron chi connectivity index (χ1n) is 10.5. The Labute approximate surface area is 167 Å². The molecule has 0 aliphatic heterocycles. The number of hydrogen-bond donors (Lipinski definition) is 3. The maximum atomic E-state index is 11.7. The van der Waals surface area contributed by atoms with Gasteiger partial charge in [-0.3, -0.25) is 9.69 Å². The molecule has 26 heavy (non-hydrogen) atoms. The predicted octanol–water partition coefficient (Wildman–Crippen LogP) is 4.52. The molecule has 5 N–H and O–H groups in total. The van der Waals surface area contributed by atoms with Crippen LogP contribution in [0, 0.1) is 0 Å². The number of nitrogens with two attached hydrogens (primary N) is 2. The summed E-state index contributed by atoms with van der Waals surface area (Å²) in [6.07, 6.45) is 14.5. The molecular formula is C20H44ClN3O2. The van der Waals surface area contributed by atoms with E-state index >= 15 is 0 Å². The van der Waals surface area contributed by atoms with Gasteiger partial charge in [-0.25, -0.2) is 0 Å². The summed E-state index contributed by atoms with van der Waals surface area (Å²) in [6, 6.07) is -0.448. The summed E-state index contributed by atoms with van der Waals surface area (Å²) >= 11 is 0. The summed E-state index contributed by atoms with van der Waals surface area (Å²) in [5, 5.41) is 9.65. The van der Waals surface area contributed by atoms with Crippen LogP contribution in [-0.4, -0.2) is 41.3 Å². The average Bonchev–Trinajstić information content (AvgIpc) is 2.55. The molecule has 0 spiro atoms. The van der Waals surface area contributed by atoms with Gasteiger partial charge in [-0.1, -0.05) is 84.5 Å². The molecule has 6 heteroatoms. The zero-order valence-electron chi connectivity index (χ0n) is 17.1. The number of carboxylic acid groups (broad SMARTS) is 1. The third kappa shape index (κ3) is 15.9. The van der Waals surface area contributed by atoms with Crippen LogP contribution in [0.1, 0.15) is 97.3 Å². The van der Waals surface area contributed by atoms with Gasteiger partial charge in [0.15, 0.2) is 0 Å². The zero-order chi connectivity index (χ0) is 18.9. The Morgan fingerprint density at radius 2 is 1.31 bits per heavy atom. The van der Waals surface area contributed by atoms with Crippen LogP contribution in [0.2, 0.25) is 0 Å². The van der Waals surface area contributed by atoms with Crippen LogP contribution in [0.3, 0.4) is 0 Å². The van der Waals surface area contributed by atoms with Gasteiger partial charge in [0.05, 0.1) is 6.17 Å². The summed E-state index contributed by atoms with van der Waals surface area (Å²) in [6.45, 7) is 5.66. The number of hydrogen-bond acceptors (Lipinski definition) is 4. The number of unbranched alkanes of at least 4 members (excludes halogenated alkanes) is 10. The summed E-state index contributed by atoms with van der Waals surface area (Å²) in [7, 11) is 0. The number of rotatable bonds is 18. The third-order valence-electron chi connectivity index (χ3n) is 4.80. The Morgan fingerprint density at radius 1 is 0.846 bits per heavy atom. The lowest BCUT2D eigenvalue weighted by atomic mass is 10.0. The van der Waals surface area contributed by atoms with Gasteiger partial charge in [0.2, 0.25) is 0 Å². The highest BCUT2D eigenvalue weighted by Gasteiger charge is 2.25. The van der Waals surface area contributed by atoms with Crippen molar-refractivity contribution in [3.8, 4) is 0 Å². The van der Waals surface area contributed by atoms with Crippen molar-refractivity contribution in [3.63, 3.8) is 0 Å². The van der Waals surface area contributed by atoms with Crippen molar-refractivity contribution >= 4 is 18.4 Å². The Kier molecular flexibility index (Phi) is 20.8. The standard InChI is InChI=1S/C20H43N3O2.ClH/c1-3-5-7-9-11-13-15-18(20(24)25)23(17-19(21)22)16-14-12-10-8-6-4-2;/h18-19H,3-17,21-22H2,1-2H3,(H,24,25);1H. The zero-order valence-corrected chi connectivity index (χ0v) is 17.9. The molecule has 0 aliphatic carbocycles. The molecule has 0 saturated carbocycles. The van der Waals surface area contributed by atoms with Crippen molar-refractivity contribution in [1.82, 2.24) is 4.90 Å². The van der Waals surface area contributed by atoms with Crippen LogP contribution >= 0.6 is 12.4 Å². The lowest BCUT2D eigenvalue weighted by Crippen LogP contribution is -2.50. The molecule has 1 atom stereocenters. The SMILES string of the molecule is CCCCCCCCC(C(=O)O)N(CCCCCCCC)CC(N)N.Cl. The van der Waals surface area contributed by atoms with Crippen LogP contribution in [0.15, 0.2) is 0 Å². The van der Waals surface area contributed by atoms with Gasteiger partial charge >= 0.3 is 5.97 Å². The molecule has 0 rings (SSSR count). The minimum absolute atomic E-state index is 0. The van der Waals surface area contributed by atoms with Crippen molar-refractivity contribution < 1.29 is 9.90 Å². The van der Waals surface area contributed by atoms with Crippen LogP contribution < -0.4 is 11.5 Å². The fraction of sp³-hybridized carbons (Fsp3) is 0.950. The van der Waals surface area contributed by atoms with Gasteiger partial charge in [-0.05, 0) is 19.4 Å². The van der Waals surface area contributed by atoms with Crippen molar-refractivity contribution in [2.24, 2.45) is 11.5 Å². The Bertz CT molecular complexity index is 317. The monoisotopic (exact) mass is 393 g/mol. The number of carboxylic acids is 1. The first-order chi connectivity index (χ1) is 12.0. The largest absolute Gasteiger partial charge is 0.480 e. The van der Waals surface area contributed by atoms with E-state index in [1.54, 1.807) is 0 Å². The molecule has 0 aromatic carbocycles. The van der Waals surface area contributed by atoms with Gasteiger partial charge in [0.25, 0.3) is 0 Å². The predicted molar refractivity (Wildman–Crippen MR) is 114 cm³/mol. The molecule has 0 fully saturated rings. The highest BCUT2D eigenvalue weighted by atomic mass is 35.5. The van der Waals surface area contributed by atoms with Crippen molar-refractivity contribution in [3.05, 3.63) is 0 Å². The smallest absolute Gasteiger partial charge is 0.320 e. The Hall–Kier alpha value is -0.360. The van der Waals surface area contributed by atoms with Crippen molar-refractivity contribution in [2.75, 3.05) is 13.1 Å². The highest BCUT2D eigenvalue weighted by Crippen LogP contribution is 2.15. The topological polar surface area (TPSA) is 92.6 Å². The molecule has 5 nitrogen and oxygen atoms in total. The number of aliphatic carboxylic acids is 1. The first kappa shape index (κ1) is 27.9. The average molecular weight is 394 g/mol. The fourth-order valence-corrected chi connectivity index (χ4v) is 3.32. The van der Waals surface area contributed by atoms with E-state index in [4.69, 9.17) is 11.5 Å². The van der Waals surface area contributed by atoms with E-state index in [-0.39, 0.29) is 12.4 Å². The lowest BCUT2D eigenvalue weighted by molar-refractivity contribution is -0.143. The van der Waals surface area contributed by atoms with Gasteiger partial charge in [-0.15, -0.1) is 12.4 Å². The maximum absolute atomic E-state index is 11.7. The van der Waals surface area contributed by atoms with Gasteiger partial charge in [0.1, 0.15) is 6.04 Å². The maximum Gasteiger partial charge on any atom is 0.320 e. The second-order valence-corrected chi connectivity index (χ2v) is 7.34. The molecule has 0 radical (unpaired) electrons. The molecule has 1 unspecified atom stereocenters. The summed E-state index contributed by atoms with van der Waals surface area (Å²) in [4.78, 5) is 13.7. The van der Waals surface area contributed by atoms with E-state index in [9.17, 15) is 9.90 Å². The van der Waals surface area contributed by atoms with E-state index in [1.807, 2.05) is 4.90 Å². The second kappa shape index (κ2) is 19.4. The van der Waals surface area contributed by atoms with Crippen LogP contribution in [-0.2, 0) is 4.79 Å². The molecule has 0 aromatic heterocycles. The molecular weight excluding hydrogens is 350 g/mol. The molecule has 0 heterocycles. The summed E-state index contributed by atoms with van der Waals surface area (Å²) < 4.78 is 0. The van der Waals surface area contributed by atoms with E-state index in [0.29, 0.717) is 13.0 Å². The molecule has 0 bridgehead atoms. The molecule has 0 amide bonds. The highest BCUT2D eigenvalue weighted by molar-refractivity contribution is 5.85. The van der Waals surface area contributed by atoms with Crippen LogP contribution in [0.4, 0.5) is 0 Å². The molecule has 158 valence electrons. The van der Waals surface area contributed by atoms with E-state index in [0.717, 1.165) is 32.2 Å².